The van der Waals surface area contributed by atoms with Crippen LogP contribution in [0.5, 0.6) is 0 Å². The van der Waals surface area contributed by atoms with E-state index in [2.05, 4.69) is 36.1 Å². The average Bonchev–Trinajstić information content (AvgIpc) is 3.19. The standard InChI is InChI=1S/C26H33BrFN5O2/c1-17-14-22(28)24-23(17)25(31-16-30-24)32-8-10-33(11-9-32)26(34)21(18-2-4-19(27)5-3-18)15-29-20-6-12-35-13-7-20/h2-5,16-17,20-22,29H,6-15H2,1H3/t17-,21?,22+/m1/s1. The number of ether oxygens (including phenoxy) is 1. The first-order valence-corrected chi connectivity index (χ1v) is 13.4. The lowest BCUT2D eigenvalue weighted by Gasteiger charge is -2.38. The Kier molecular flexibility index (Phi) is 7.65. The Morgan fingerprint density at radius 1 is 1.17 bits per heavy atom. The molecule has 2 fully saturated rings. The third-order valence-electron chi connectivity index (χ3n) is 7.54. The molecule has 1 amide bonds. The largest absolute Gasteiger partial charge is 0.381 e. The number of aromatic nitrogens is 2. The van der Waals surface area contributed by atoms with Crippen molar-refractivity contribution in [2.45, 2.75) is 50.2 Å². The summed E-state index contributed by atoms with van der Waals surface area (Å²) in [7, 11) is 0. The lowest BCUT2D eigenvalue weighted by Crippen LogP contribution is -2.51. The van der Waals surface area contributed by atoms with Gasteiger partial charge in [-0.2, -0.15) is 0 Å². The molecule has 1 aromatic carbocycles. The van der Waals surface area contributed by atoms with Crippen molar-refractivity contribution in [1.29, 1.82) is 0 Å². The van der Waals surface area contributed by atoms with E-state index in [4.69, 9.17) is 4.74 Å². The lowest BCUT2D eigenvalue weighted by atomic mass is 9.96. The van der Waals surface area contributed by atoms with E-state index in [-0.39, 0.29) is 17.7 Å². The molecule has 0 bridgehead atoms. The molecule has 1 N–H and O–H groups in total. The minimum absolute atomic E-state index is 0.105. The summed E-state index contributed by atoms with van der Waals surface area (Å²) in [5.41, 5.74) is 2.50. The summed E-state index contributed by atoms with van der Waals surface area (Å²) in [6.07, 6.45) is 2.87. The SMILES string of the molecule is C[C@@H]1C[C@H](F)c2ncnc(N3CCN(C(=O)C(CNC4CCOCC4)c4ccc(Br)cc4)CC3)c21. The maximum absolute atomic E-state index is 14.4. The smallest absolute Gasteiger partial charge is 0.231 e. The van der Waals surface area contributed by atoms with Crippen molar-refractivity contribution in [1.82, 2.24) is 20.2 Å². The second kappa shape index (κ2) is 10.9. The van der Waals surface area contributed by atoms with Crippen molar-refractivity contribution >= 4 is 27.7 Å². The van der Waals surface area contributed by atoms with Gasteiger partial charge in [-0.1, -0.05) is 35.0 Å². The zero-order chi connectivity index (χ0) is 24.4. The highest BCUT2D eigenvalue weighted by Gasteiger charge is 2.36. The maximum Gasteiger partial charge on any atom is 0.231 e. The van der Waals surface area contributed by atoms with Gasteiger partial charge in [0, 0.05) is 62.0 Å². The summed E-state index contributed by atoms with van der Waals surface area (Å²) < 4.78 is 20.9. The van der Waals surface area contributed by atoms with Gasteiger partial charge in [-0.25, -0.2) is 14.4 Å². The summed E-state index contributed by atoms with van der Waals surface area (Å²) in [6, 6.07) is 8.45. The summed E-state index contributed by atoms with van der Waals surface area (Å²) in [5, 5.41) is 3.62. The third-order valence-corrected chi connectivity index (χ3v) is 8.07. The van der Waals surface area contributed by atoms with Crippen LogP contribution in [0.4, 0.5) is 10.2 Å². The van der Waals surface area contributed by atoms with Crippen molar-refractivity contribution in [3.63, 3.8) is 0 Å². The molecule has 2 aromatic rings. The fraction of sp³-hybridized carbons (Fsp3) is 0.577. The van der Waals surface area contributed by atoms with Crippen LogP contribution in [0, 0.1) is 0 Å². The number of nitrogens with zero attached hydrogens (tertiary/aromatic N) is 4. The van der Waals surface area contributed by atoms with Crippen molar-refractivity contribution in [2.24, 2.45) is 0 Å². The third kappa shape index (κ3) is 5.37. The fourth-order valence-electron chi connectivity index (χ4n) is 5.50. The predicted octanol–water partition coefficient (Wildman–Crippen LogP) is 3.96. The number of rotatable bonds is 6. The van der Waals surface area contributed by atoms with Crippen molar-refractivity contribution in [3.8, 4) is 0 Å². The minimum Gasteiger partial charge on any atom is -0.381 e. The van der Waals surface area contributed by atoms with E-state index >= 15 is 0 Å². The number of hydrogen-bond acceptors (Lipinski definition) is 6. The van der Waals surface area contributed by atoms with Gasteiger partial charge >= 0.3 is 0 Å². The van der Waals surface area contributed by atoms with Crippen LogP contribution in [-0.2, 0) is 9.53 Å². The molecule has 3 atom stereocenters. The molecule has 0 saturated carbocycles. The number of carbonyl (C=O) groups is 1. The molecule has 9 heteroatoms. The normalized spacial score (nSPS) is 23.9. The number of carbonyl (C=O) groups excluding carboxylic acids is 1. The van der Waals surface area contributed by atoms with Crippen LogP contribution in [0.25, 0.3) is 0 Å². The molecule has 35 heavy (non-hydrogen) atoms. The number of hydrogen-bond donors (Lipinski definition) is 1. The van der Waals surface area contributed by atoms with Gasteiger partial charge in [-0.3, -0.25) is 4.79 Å². The number of piperazine rings is 1. The van der Waals surface area contributed by atoms with Gasteiger partial charge in [0.1, 0.15) is 18.3 Å². The van der Waals surface area contributed by atoms with E-state index in [1.807, 2.05) is 36.1 Å². The Morgan fingerprint density at radius 3 is 2.60 bits per heavy atom. The zero-order valence-corrected chi connectivity index (χ0v) is 21.7. The summed E-state index contributed by atoms with van der Waals surface area (Å²) >= 11 is 3.50. The fourth-order valence-corrected chi connectivity index (χ4v) is 5.77. The highest BCUT2D eigenvalue weighted by molar-refractivity contribution is 9.10. The highest BCUT2D eigenvalue weighted by atomic mass is 79.9. The molecular formula is C26H33BrFN5O2. The number of nitrogens with one attached hydrogen (secondary N) is 1. The van der Waals surface area contributed by atoms with Gasteiger partial charge in [0.2, 0.25) is 5.91 Å². The number of fused-ring (bicyclic) bond motifs is 1. The topological polar surface area (TPSA) is 70.6 Å². The van der Waals surface area contributed by atoms with Gasteiger partial charge < -0.3 is 19.9 Å². The highest BCUT2D eigenvalue weighted by Crippen LogP contribution is 2.44. The summed E-state index contributed by atoms with van der Waals surface area (Å²) in [6.45, 7) is 6.79. The van der Waals surface area contributed by atoms with Crippen LogP contribution in [0.3, 0.4) is 0 Å². The molecule has 0 spiro atoms. The van der Waals surface area contributed by atoms with Gasteiger partial charge in [0.25, 0.3) is 0 Å². The van der Waals surface area contributed by atoms with Crippen LogP contribution >= 0.6 is 15.9 Å². The van der Waals surface area contributed by atoms with Gasteiger partial charge in [0.05, 0.1) is 11.6 Å². The molecule has 3 aliphatic rings. The summed E-state index contributed by atoms with van der Waals surface area (Å²) in [5.74, 6) is 0.846. The Hall–Kier alpha value is -2.10. The Balaban J connectivity index is 1.27. The zero-order valence-electron chi connectivity index (χ0n) is 20.1. The summed E-state index contributed by atoms with van der Waals surface area (Å²) in [4.78, 5) is 26.6. The molecule has 2 saturated heterocycles. The minimum atomic E-state index is -1.01. The van der Waals surface area contributed by atoms with Crippen LogP contribution in [-0.4, -0.2) is 72.8 Å². The second-order valence-corrected chi connectivity index (χ2v) is 10.7. The second-order valence-electron chi connectivity index (χ2n) is 9.81. The number of amides is 1. The molecule has 1 aliphatic carbocycles. The van der Waals surface area contributed by atoms with E-state index in [0.717, 1.165) is 47.5 Å². The monoisotopic (exact) mass is 545 g/mol. The lowest BCUT2D eigenvalue weighted by molar-refractivity contribution is -0.133. The first-order valence-electron chi connectivity index (χ1n) is 12.6. The average molecular weight is 546 g/mol. The molecule has 1 aromatic heterocycles. The van der Waals surface area contributed by atoms with Gasteiger partial charge in [-0.15, -0.1) is 0 Å². The maximum atomic E-state index is 14.4. The van der Waals surface area contributed by atoms with Crippen molar-refractivity contribution in [3.05, 3.63) is 51.9 Å². The molecule has 0 radical (unpaired) electrons. The molecule has 3 heterocycles. The van der Waals surface area contributed by atoms with Gasteiger partial charge in [-0.05, 0) is 42.9 Å². The van der Waals surface area contributed by atoms with Crippen LogP contribution in [0.2, 0.25) is 0 Å². The van der Waals surface area contributed by atoms with E-state index in [1.54, 1.807) is 0 Å². The molecule has 2 aliphatic heterocycles. The van der Waals surface area contributed by atoms with Crippen molar-refractivity contribution < 1.29 is 13.9 Å². The van der Waals surface area contributed by atoms with Crippen molar-refractivity contribution in [2.75, 3.05) is 50.8 Å². The quantitative estimate of drug-likeness (QED) is 0.592. The predicted molar refractivity (Wildman–Crippen MR) is 136 cm³/mol. The number of benzene rings is 1. The molecular weight excluding hydrogens is 513 g/mol. The first-order chi connectivity index (χ1) is 17.0. The van der Waals surface area contributed by atoms with E-state index in [0.29, 0.717) is 50.9 Å². The molecule has 7 nitrogen and oxygen atoms in total. The van der Waals surface area contributed by atoms with E-state index in [1.165, 1.54) is 6.33 Å². The van der Waals surface area contributed by atoms with E-state index in [9.17, 15) is 9.18 Å². The van der Waals surface area contributed by atoms with Crippen LogP contribution in [0.15, 0.2) is 35.1 Å². The Morgan fingerprint density at radius 2 is 1.89 bits per heavy atom. The van der Waals surface area contributed by atoms with Crippen LogP contribution in [0.1, 0.15) is 61.0 Å². The van der Waals surface area contributed by atoms with Gasteiger partial charge in [0.15, 0.2) is 0 Å². The Bertz CT molecular complexity index is 1020. The molecule has 5 rings (SSSR count). The number of halogens is 2. The molecule has 1 unspecified atom stereocenters. The Labute approximate surface area is 214 Å². The molecule has 188 valence electrons. The number of anilines is 1. The first kappa shape index (κ1) is 24.6. The van der Waals surface area contributed by atoms with Crippen LogP contribution < -0.4 is 10.2 Å². The number of alkyl halides is 1. The van der Waals surface area contributed by atoms with E-state index < -0.39 is 6.17 Å².